The number of aromatic nitrogens is 1. The summed E-state index contributed by atoms with van der Waals surface area (Å²) < 4.78 is 19.8. The van der Waals surface area contributed by atoms with Gasteiger partial charge in [0.25, 0.3) is 5.69 Å². The van der Waals surface area contributed by atoms with Crippen LogP contribution in [0.3, 0.4) is 0 Å². The van der Waals surface area contributed by atoms with Crippen LogP contribution in [0.1, 0.15) is 11.1 Å². The average molecular weight is 448 g/mol. The van der Waals surface area contributed by atoms with Crippen molar-refractivity contribution in [1.82, 2.24) is 4.98 Å². The highest BCUT2D eigenvalue weighted by molar-refractivity contribution is 6.34. The largest absolute Gasteiger partial charge is 0.453 e. The Kier molecular flexibility index (Phi) is 6.19. The van der Waals surface area contributed by atoms with E-state index in [9.17, 15) is 14.5 Å². The molecule has 3 aromatic carbocycles. The van der Waals surface area contributed by atoms with Gasteiger partial charge in [-0.05, 0) is 6.07 Å². The summed E-state index contributed by atoms with van der Waals surface area (Å²) in [5.74, 6) is -0.779. The minimum absolute atomic E-state index is 0.0783. The number of non-ortho nitro benzene ring substituents is 1. The molecule has 0 unspecified atom stereocenters. The van der Waals surface area contributed by atoms with Gasteiger partial charge in [0.2, 0.25) is 0 Å². The van der Waals surface area contributed by atoms with E-state index in [1.54, 1.807) is 0 Å². The Morgan fingerprint density at radius 1 is 0.938 bits per heavy atom. The van der Waals surface area contributed by atoms with Crippen LogP contribution in [0, 0.1) is 15.9 Å². The second kappa shape index (κ2) is 9.36. The Morgan fingerprint density at radius 2 is 1.56 bits per heavy atom. The molecule has 0 spiro atoms. The number of rotatable bonds is 6. The summed E-state index contributed by atoms with van der Waals surface area (Å²) in [7, 11) is 0. The summed E-state index contributed by atoms with van der Waals surface area (Å²) in [5.41, 5.74) is 2.00. The molecule has 0 amide bonds. The number of hydrogen-bond acceptors (Lipinski definition) is 5. The first-order valence-electron chi connectivity index (χ1n) is 9.49. The second-order valence-electron chi connectivity index (χ2n) is 6.61. The minimum atomic E-state index is -0.883. The van der Waals surface area contributed by atoms with E-state index in [2.05, 4.69) is 9.98 Å². The van der Waals surface area contributed by atoms with Gasteiger partial charge in [-0.3, -0.25) is 10.1 Å². The van der Waals surface area contributed by atoms with Crippen molar-refractivity contribution in [3.8, 4) is 11.5 Å². The van der Waals surface area contributed by atoms with Crippen LogP contribution in [-0.2, 0) is 0 Å². The van der Waals surface area contributed by atoms with Crippen LogP contribution in [0.5, 0.6) is 11.5 Å². The maximum atomic E-state index is 14.3. The summed E-state index contributed by atoms with van der Waals surface area (Å²) in [6, 6.07) is 23.7. The zero-order chi connectivity index (χ0) is 22.5. The fourth-order valence-electron chi connectivity index (χ4n) is 2.97. The molecule has 4 aromatic rings. The highest BCUT2D eigenvalue weighted by Crippen LogP contribution is 2.37. The summed E-state index contributed by atoms with van der Waals surface area (Å²) in [4.78, 5) is 19.0. The van der Waals surface area contributed by atoms with Gasteiger partial charge in [0.05, 0.1) is 16.7 Å². The molecule has 0 bridgehead atoms. The van der Waals surface area contributed by atoms with E-state index in [1.807, 2.05) is 60.7 Å². The van der Waals surface area contributed by atoms with E-state index in [0.29, 0.717) is 5.71 Å². The highest BCUT2D eigenvalue weighted by atomic mass is 35.5. The lowest BCUT2D eigenvalue weighted by Crippen LogP contribution is -2.03. The Hall–Kier alpha value is -4.10. The fourth-order valence-corrected chi connectivity index (χ4v) is 3.16. The average Bonchev–Trinajstić information content (AvgIpc) is 2.82. The van der Waals surface area contributed by atoms with Gasteiger partial charge in [0.15, 0.2) is 23.1 Å². The van der Waals surface area contributed by atoms with Crippen LogP contribution in [-0.4, -0.2) is 15.6 Å². The molecule has 0 fully saturated rings. The molecule has 0 aliphatic heterocycles. The van der Waals surface area contributed by atoms with Crippen molar-refractivity contribution in [3.05, 3.63) is 123 Å². The monoisotopic (exact) mass is 447 g/mol. The molecular weight excluding hydrogens is 433 g/mol. The van der Waals surface area contributed by atoms with Crippen molar-refractivity contribution in [2.45, 2.75) is 0 Å². The Labute approximate surface area is 187 Å². The van der Waals surface area contributed by atoms with Gasteiger partial charge in [0.1, 0.15) is 5.02 Å². The van der Waals surface area contributed by atoms with Crippen molar-refractivity contribution in [2.24, 2.45) is 4.99 Å². The minimum Gasteiger partial charge on any atom is -0.453 e. The molecule has 6 nitrogen and oxygen atoms in total. The standard InChI is InChI=1S/C24H15ClFN3O3/c25-22-21(32-20-12-11-18(29(30)31)15-19(20)26)13-14-27-24(22)28-23(16-7-3-1-4-8-16)17-9-5-2-6-10-17/h1-15H. The van der Waals surface area contributed by atoms with Gasteiger partial charge in [-0.2, -0.15) is 0 Å². The second-order valence-corrected chi connectivity index (χ2v) is 6.99. The molecule has 0 N–H and O–H groups in total. The molecule has 0 atom stereocenters. The Balaban J connectivity index is 1.74. The number of nitrogens with zero attached hydrogens (tertiary/aromatic N) is 3. The lowest BCUT2D eigenvalue weighted by molar-refractivity contribution is -0.385. The van der Waals surface area contributed by atoms with E-state index in [4.69, 9.17) is 16.3 Å². The first-order valence-corrected chi connectivity index (χ1v) is 9.86. The molecule has 8 heteroatoms. The predicted octanol–water partition coefficient (Wildman–Crippen LogP) is 6.74. The van der Waals surface area contributed by atoms with Crippen molar-refractivity contribution in [2.75, 3.05) is 0 Å². The van der Waals surface area contributed by atoms with Crippen molar-refractivity contribution in [1.29, 1.82) is 0 Å². The topological polar surface area (TPSA) is 77.6 Å². The SMILES string of the molecule is O=[N+]([O-])c1ccc(Oc2ccnc(N=C(c3ccccc3)c3ccccc3)c2Cl)c(F)c1. The summed E-state index contributed by atoms with van der Waals surface area (Å²) in [5, 5.41) is 10.9. The fraction of sp³-hybridized carbons (Fsp3) is 0. The lowest BCUT2D eigenvalue weighted by Gasteiger charge is -2.11. The first-order chi connectivity index (χ1) is 15.5. The van der Waals surface area contributed by atoms with Crippen molar-refractivity contribution < 1.29 is 14.1 Å². The number of aliphatic imine (C=N–C) groups is 1. The third-order valence-corrected chi connectivity index (χ3v) is 4.85. The molecule has 0 aliphatic rings. The van der Waals surface area contributed by atoms with E-state index < -0.39 is 10.7 Å². The van der Waals surface area contributed by atoms with E-state index in [1.165, 1.54) is 18.3 Å². The quantitative estimate of drug-likeness (QED) is 0.186. The predicted molar refractivity (Wildman–Crippen MR) is 121 cm³/mol. The van der Waals surface area contributed by atoms with Gasteiger partial charge >= 0.3 is 0 Å². The number of pyridine rings is 1. The first kappa shape index (κ1) is 21.1. The van der Waals surface area contributed by atoms with Crippen LogP contribution in [0.2, 0.25) is 5.02 Å². The zero-order valence-corrected chi connectivity index (χ0v) is 17.2. The van der Waals surface area contributed by atoms with Crippen molar-refractivity contribution in [3.63, 3.8) is 0 Å². The normalized spacial score (nSPS) is 10.4. The van der Waals surface area contributed by atoms with Gasteiger partial charge in [-0.15, -0.1) is 0 Å². The van der Waals surface area contributed by atoms with E-state index in [0.717, 1.165) is 23.3 Å². The number of halogens is 2. The Morgan fingerprint density at radius 3 is 2.12 bits per heavy atom. The van der Waals surface area contributed by atoms with Gasteiger partial charge in [-0.25, -0.2) is 14.4 Å². The van der Waals surface area contributed by atoms with Crippen LogP contribution >= 0.6 is 11.6 Å². The molecule has 0 saturated carbocycles. The van der Waals surface area contributed by atoms with Gasteiger partial charge in [-0.1, -0.05) is 72.3 Å². The number of ether oxygens (including phenoxy) is 1. The summed E-state index contributed by atoms with van der Waals surface area (Å²) >= 11 is 6.49. The van der Waals surface area contributed by atoms with E-state index in [-0.39, 0.29) is 28.0 Å². The molecule has 0 aliphatic carbocycles. The van der Waals surface area contributed by atoms with E-state index >= 15 is 0 Å². The van der Waals surface area contributed by atoms with Crippen LogP contribution in [0.4, 0.5) is 15.9 Å². The molecular formula is C24H15ClFN3O3. The van der Waals surface area contributed by atoms with Crippen LogP contribution < -0.4 is 4.74 Å². The number of hydrogen-bond donors (Lipinski definition) is 0. The maximum Gasteiger partial charge on any atom is 0.272 e. The number of nitro groups is 1. The molecule has 0 saturated heterocycles. The lowest BCUT2D eigenvalue weighted by atomic mass is 10.0. The Bertz CT molecular complexity index is 1260. The highest BCUT2D eigenvalue weighted by Gasteiger charge is 2.16. The summed E-state index contributed by atoms with van der Waals surface area (Å²) in [6.45, 7) is 0. The summed E-state index contributed by atoms with van der Waals surface area (Å²) in [6.07, 6.45) is 1.44. The van der Waals surface area contributed by atoms with Crippen LogP contribution in [0.25, 0.3) is 0 Å². The van der Waals surface area contributed by atoms with Crippen molar-refractivity contribution >= 4 is 28.8 Å². The third kappa shape index (κ3) is 4.63. The molecule has 0 radical (unpaired) electrons. The smallest absolute Gasteiger partial charge is 0.272 e. The maximum absolute atomic E-state index is 14.3. The molecule has 158 valence electrons. The molecule has 32 heavy (non-hydrogen) atoms. The van der Waals surface area contributed by atoms with Gasteiger partial charge < -0.3 is 4.74 Å². The number of benzene rings is 3. The molecule has 4 rings (SSSR count). The van der Waals surface area contributed by atoms with Gasteiger partial charge in [0, 0.05) is 29.5 Å². The molecule has 1 heterocycles. The third-order valence-electron chi connectivity index (χ3n) is 4.49. The number of nitro benzene ring substituents is 1. The molecule has 1 aromatic heterocycles. The zero-order valence-electron chi connectivity index (χ0n) is 16.5. The van der Waals surface area contributed by atoms with Crippen LogP contribution in [0.15, 0.2) is 96.1 Å².